The van der Waals surface area contributed by atoms with Crippen molar-refractivity contribution >= 4 is 17.5 Å². The van der Waals surface area contributed by atoms with Gasteiger partial charge in [0.1, 0.15) is 5.82 Å². The van der Waals surface area contributed by atoms with E-state index in [4.69, 9.17) is 0 Å². The first-order valence-electron chi connectivity index (χ1n) is 12.5. The summed E-state index contributed by atoms with van der Waals surface area (Å²) in [5, 5.41) is 2.50. The van der Waals surface area contributed by atoms with E-state index in [1.807, 2.05) is 11.9 Å². The van der Waals surface area contributed by atoms with Gasteiger partial charge in [-0.05, 0) is 86.0 Å². The van der Waals surface area contributed by atoms with Crippen LogP contribution in [0.4, 0.5) is 23.2 Å². The minimum atomic E-state index is -4.76. The minimum Gasteiger partial charge on any atom is -0.338 e. The van der Waals surface area contributed by atoms with Gasteiger partial charge in [-0.2, -0.15) is 13.2 Å². The lowest BCUT2D eigenvalue weighted by atomic mass is 9.47. The summed E-state index contributed by atoms with van der Waals surface area (Å²) in [6, 6.07) is 2.54. The topological polar surface area (TPSA) is 49.4 Å². The summed E-state index contributed by atoms with van der Waals surface area (Å²) in [5.41, 5.74) is -1.96. The fourth-order valence-electron chi connectivity index (χ4n) is 8.25. The third-order valence-corrected chi connectivity index (χ3v) is 9.99. The molecule has 3 aliphatic carbocycles. The molecule has 1 N–H and O–H groups in total. The predicted molar refractivity (Wildman–Crippen MR) is 124 cm³/mol. The Labute approximate surface area is 203 Å². The predicted octanol–water partition coefficient (Wildman–Crippen LogP) is 6.04. The first-order valence-corrected chi connectivity index (χ1v) is 12.5. The highest BCUT2D eigenvalue weighted by molar-refractivity contribution is 5.94. The second-order valence-corrected chi connectivity index (χ2v) is 11.5. The van der Waals surface area contributed by atoms with Crippen LogP contribution in [0.15, 0.2) is 30.4 Å². The van der Waals surface area contributed by atoms with Crippen molar-refractivity contribution in [1.82, 2.24) is 4.90 Å². The van der Waals surface area contributed by atoms with Crippen LogP contribution in [0.1, 0.15) is 57.9 Å². The molecule has 190 valence electrons. The molecule has 1 heterocycles. The number of alkyl halides is 3. The van der Waals surface area contributed by atoms with E-state index < -0.39 is 35.1 Å². The average Bonchev–Trinajstić information content (AvgIpc) is 3.14. The summed E-state index contributed by atoms with van der Waals surface area (Å²) < 4.78 is 53.9. The number of likely N-dealkylation sites (N-methyl/N-ethyl adjacent to an activating group) is 1. The highest BCUT2D eigenvalue weighted by Gasteiger charge is 2.61. The van der Waals surface area contributed by atoms with Crippen molar-refractivity contribution in [3.63, 3.8) is 0 Å². The van der Waals surface area contributed by atoms with Gasteiger partial charge in [-0.1, -0.05) is 19.9 Å². The number of nitrogens with one attached hydrogen (secondary N) is 1. The Hall–Kier alpha value is -2.38. The van der Waals surface area contributed by atoms with Crippen LogP contribution in [0.25, 0.3) is 0 Å². The Morgan fingerprint density at radius 3 is 2.54 bits per heavy atom. The number of nitrogens with zero attached hydrogens (tertiary/aromatic N) is 1. The first-order chi connectivity index (χ1) is 16.4. The molecule has 0 bridgehead atoms. The van der Waals surface area contributed by atoms with E-state index in [0.29, 0.717) is 30.2 Å². The van der Waals surface area contributed by atoms with Crippen LogP contribution in [0.3, 0.4) is 0 Å². The zero-order chi connectivity index (χ0) is 25.3. The Morgan fingerprint density at radius 2 is 1.83 bits per heavy atom. The van der Waals surface area contributed by atoms with Crippen LogP contribution in [0.5, 0.6) is 0 Å². The van der Waals surface area contributed by atoms with E-state index >= 15 is 0 Å². The molecule has 5 rings (SSSR count). The monoisotopic (exact) mass is 492 g/mol. The van der Waals surface area contributed by atoms with Crippen LogP contribution >= 0.6 is 0 Å². The number of amides is 2. The average molecular weight is 493 g/mol. The summed E-state index contributed by atoms with van der Waals surface area (Å²) in [5.74, 6) is -0.624. The lowest BCUT2D eigenvalue weighted by Gasteiger charge is -2.60. The van der Waals surface area contributed by atoms with E-state index in [-0.39, 0.29) is 22.8 Å². The Morgan fingerprint density at radius 1 is 1.09 bits per heavy atom. The summed E-state index contributed by atoms with van der Waals surface area (Å²) in [6.45, 7) is 4.38. The molecule has 4 aliphatic rings. The summed E-state index contributed by atoms with van der Waals surface area (Å²) in [7, 11) is 1.88. The van der Waals surface area contributed by atoms with Crippen molar-refractivity contribution in [3.8, 4) is 0 Å². The number of fused-ring (bicyclic) bond motifs is 5. The van der Waals surface area contributed by atoms with Crippen molar-refractivity contribution in [3.05, 3.63) is 41.7 Å². The molecule has 3 saturated carbocycles. The molecule has 3 fully saturated rings. The van der Waals surface area contributed by atoms with Gasteiger partial charge in [-0.15, -0.1) is 0 Å². The number of halogens is 4. The van der Waals surface area contributed by atoms with E-state index in [1.54, 1.807) is 6.08 Å². The third-order valence-electron chi connectivity index (χ3n) is 9.99. The Bertz CT molecular complexity index is 1090. The van der Waals surface area contributed by atoms with Crippen LogP contribution in [0, 0.1) is 40.3 Å². The van der Waals surface area contributed by atoms with Gasteiger partial charge in [0.15, 0.2) is 0 Å². The molecule has 0 radical (unpaired) electrons. The number of rotatable bonds is 2. The zero-order valence-electron chi connectivity index (χ0n) is 20.3. The van der Waals surface area contributed by atoms with Crippen molar-refractivity contribution in [1.29, 1.82) is 0 Å². The highest BCUT2D eigenvalue weighted by atomic mass is 19.4. The van der Waals surface area contributed by atoms with E-state index in [9.17, 15) is 27.2 Å². The maximum absolute atomic E-state index is 13.5. The standard InChI is InChI=1S/C27H32F4N2O2/c1-25-12-10-18-16(5-9-22-26(18,2)13-11-23(34)33(22)3)17(25)6-7-19(25)24(35)32-21-8-4-15(28)14-20(21)27(29,30)31/h4,8,11,13-14,16-19,22H,5-7,9-10,12H2,1-3H3,(H,32,35)/t16-,17-,18-,19+,22+,25-,26+/m0/s1. The SMILES string of the molecule is CN1C(=O)C=C[C@]2(C)[C@H]3CC[C@]4(C)[C@@H](C(=O)Nc5ccc(F)cc5C(F)(F)F)CC[C@H]4[C@@H]3CC[C@@H]12. The molecule has 8 heteroatoms. The molecule has 1 aromatic carbocycles. The normalized spacial score (nSPS) is 38.5. The number of hydrogen-bond donors (Lipinski definition) is 1. The fraction of sp³-hybridized carbons (Fsp3) is 0.630. The lowest BCUT2D eigenvalue weighted by Crippen LogP contribution is -2.59. The van der Waals surface area contributed by atoms with Gasteiger partial charge < -0.3 is 10.2 Å². The van der Waals surface area contributed by atoms with Crippen LogP contribution in [0.2, 0.25) is 0 Å². The Kier molecular flexibility index (Phi) is 5.61. The quantitative estimate of drug-likeness (QED) is 0.512. The molecule has 7 atom stereocenters. The van der Waals surface area contributed by atoms with Gasteiger partial charge in [0, 0.05) is 24.4 Å². The second kappa shape index (κ2) is 8.07. The van der Waals surface area contributed by atoms with Gasteiger partial charge >= 0.3 is 6.18 Å². The molecular formula is C27H32F4N2O2. The van der Waals surface area contributed by atoms with Crippen molar-refractivity contribution in [2.75, 3.05) is 12.4 Å². The molecule has 1 aromatic rings. The van der Waals surface area contributed by atoms with E-state index in [2.05, 4.69) is 25.2 Å². The molecule has 35 heavy (non-hydrogen) atoms. The molecule has 2 amide bonds. The Balaban J connectivity index is 1.38. The van der Waals surface area contributed by atoms with Crippen LogP contribution in [-0.2, 0) is 15.8 Å². The van der Waals surface area contributed by atoms with Gasteiger partial charge in [0.25, 0.3) is 0 Å². The fourth-order valence-corrected chi connectivity index (χ4v) is 8.25. The first kappa shape index (κ1) is 24.3. The van der Waals surface area contributed by atoms with Crippen molar-refractivity contribution < 1.29 is 27.2 Å². The number of benzene rings is 1. The number of anilines is 1. The second-order valence-electron chi connectivity index (χ2n) is 11.5. The largest absolute Gasteiger partial charge is 0.418 e. The maximum Gasteiger partial charge on any atom is 0.418 e. The smallest absolute Gasteiger partial charge is 0.338 e. The maximum atomic E-state index is 13.5. The number of carbonyl (C=O) groups excluding carboxylic acids is 2. The number of carbonyl (C=O) groups is 2. The molecule has 0 spiro atoms. The lowest BCUT2D eigenvalue weighted by molar-refractivity contribution is -0.141. The van der Waals surface area contributed by atoms with Gasteiger partial charge in [0.05, 0.1) is 11.3 Å². The minimum absolute atomic E-state index is 0.0446. The summed E-state index contributed by atoms with van der Waals surface area (Å²) in [6.07, 6.45) is 4.17. The number of hydrogen-bond acceptors (Lipinski definition) is 2. The van der Waals surface area contributed by atoms with Crippen LogP contribution in [-0.4, -0.2) is 29.8 Å². The molecule has 0 saturated heterocycles. The van der Waals surface area contributed by atoms with Gasteiger partial charge in [-0.25, -0.2) is 4.39 Å². The summed E-state index contributed by atoms with van der Waals surface area (Å²) >= 11 is 0. The molecule has 1 aliphatic heterocycles. The summed E-state index contributed by atoms with van der Waals surface area (Å²) in [4.78, 5) is 27.5. The molecule has 4 nitrogen and oxygen atoms in total. The highest BCUT2D eigenvalue weighted by Crippen LogP contribution is 2.65. The van der Waals surface area contributed by atoms with Gasteiger partial charge in [0.2, 0.25) is 11.8 Å². The zero-order valence-corrected chi connectivity index (χ0v) is 20.3. The van der Waals surface area contributed by atoms with Crippen LogP contribution < -0.4 is 5.32 Å². The third kappa shape index (κ3) is 3.70. The van der Waals surface area contributed by atoms with E-state index in [0.717, 1.165) is 44.2 Å². The van der Waals surface area contributed by atoms with Crippen molar-refractivity contribution in [2.24, 2.45) is 34.5 Å². The molecule has 0 unspecified atom stereocenters. The van der Waals surface area contributed by atoms with E-state index in [1.165, 1.54) is 0 Å². The molecular weight excluding hydrogens is 460 g/mol. The molecule has 0 aromatic heterocycles. The van der Waals surface area contributed by atoms with Gasteiger partial charge in [-0.3, -0.25) is 9.59 Å². The van der Waals surface area contributed by atoms with Crippen molar-refractivity contribution in [2.45, 2.75) is 64.6 Å².